The van der Waals surface area contributed by atoms with Gasteiger partial charge >= 0.3 is 0 Å². The van der Waals surface area contributed by atoms with Crippen molar-refractivity contribution in [3.8, 4) is 23.4 Å². The van der Waals surface area contributed by atoms with E-state index in [4.69, 9.17) is 0 Å². The van der Waals surface area contributed by atoms with E-state index in [1.54, 1.807) is 0 Å². The Morgan fingerprint density at radius 1 is 0.952 bits per heavy atom. The van der Waals surface area contributed by atoms with E-state index in [9.17, 15) is 0 Å². The molecule has 0 atom stereocenters. The third-order valence-electron chi connectivity index (χ3n) is 3.45. The second-order valence-electron chi connectivity index (χ2n) is 5.20. The molecule has 0 spiro atoms. The Labute approximate surface area is 123 Å². The first kappa shape index (κ1) is 12.0. The predicted octanol–water partition coefficient (Wildman–Crippen LogP) is 3.45. The van der Waals surface area contributed by atoms with Gasteiger partial charge in [-0.1, -0.05) is 30.2 Å². The van der Waals surface area contributed by atoms with Gasteiger partial charge in [0.15, 0.2) is 5.82 Å². The predicted molar refractivity (Wildman–Crippen MR) is 82.4 cm³/mol. The van der Waals surface area contributed by atoms with Crippen LogP contribution in [0.4, 0.5) is 0 Å². The van der Waals surface area contributed by atoms with Crippen molar-refractivity contribution in [1.82, 2.24) is 15.0 Å². The maximum atomic E-state index is 4.57. The van der Waals surface area contributed by atoms with Gasteiger partial charge in [0.1, 0.15) is 11.4 Å². The average Bonchev–Trinajstić information content (AvgIpc) is 3.37. The van der Waals surface area contributed by atoms with Crippen LogP contribution in [0.5, 0.6) is 0 Å². The first-order chi connectivity index (χ1) is 10.4. The van der Waals surface area contributed by atoms with E-state index in [1.165, 1.54) is 12.8 Å². The third-order valence-corrected chi connectivity index (χ3v) is 3.45. The van der Waals surface area contributed by atoms with Crippen LogP contribution in [0.1, 0.15) is 18.5 Å². The van der Waals surface area contributed by atoms with Crippen molar-refractivity contribution in [2.24, 2.45) is 5.92 Å². The Morgan fingerprint density at radius 3 is 2.76 bits per heavy atom. The van der Waals surface area contributed by atoms with Crippen LogP contribution in [-0.2, 0) is 0 Å². The van der Waals surface area contributed by atoms with Gasteiger partial charge in [-0.25, -0.2) is 15.0 Å². The van der Waals surface area contributed by atoms with Gasteiger partial charge in [0, 0.05) is 17.5 Å². The maximum absolute atomic E-state index is 4.57. The fourth-order valence-corrected chi connectivity index (χ4v) is 2.13. The standard InChI is InChI=1S/C18H13N3/c1-2-6-16-14(4-1)12-19-18(21-16)17-7-3-5-15(20-17)11-10-13-8-9-13/h1-7,12-13H,8-9H2. The summed E-state index contributed by atoms with van der Waals surface area (Å²) in [6, 6.07) is 13.8. The van der Waals surface area contributed by atoms with Gasteiger partial charge in [-0.2, -0.15) is 0 Å². The number of hydrogen-bond donors (Lipinski definition) is 0. The highest BCUT2D eigenvalue weighted by Gasteiger charge is 2.17. The molecule has 4 rings (SSSR count). The van der Waals surface area contributed by atoms with Gasteiger partial charge in [-0.15, -0.1) is 0 Å². The lowest BCUT2D eigenvalue weighted by Crippen LogP contribution is -1.94. The molecule has 1 aliphatic rings. The first-order valence-corrected chi connectivity index (χ1v) is 7.09. The van der Waals surface area contributed by atoms with E-state index in [0.717, 1.165) is 22.3 Å². The number of fused-ring (bicyclic) bond motifs is 1. The largest absolute Gasteiger partial charge is 0.236 e. The molecule has 0 aliphatic heterocycles. The van der Waals surface area contributed by atoms with Crippen molar-refractivity contribution in [3.63, 3.8) is 0 Å². The Morgan fingerprint density at radius 2 is 1.86 bits per heavy atom. The van der Waals surface area contributed by atoms with Gasteiger partial charge in [-0.05, 0) is 37.0 Å². The molecule has 1 fully saturated rings. The summed E-state index contributed by atoms with van der Waals surface area (Å²) in [5.74, 6) is 7.58. The van der Waals surface area contributed by atoms with Crippen LogP contribution in [0.15, 0.2) is 48.7 Å². The van der Waals surface area contributed by atoms with Crippen LogP contribution < -0.4 is 0 Å². The summed E-state index contributed by atoms with van der Waals surface area (Å²) in [6.45, 7) is 0. The summed E-state index contributed by atoms with van der Waals surface area (Å²) < 4.78 is 0. The molecule has 3 heteroatoms. The van der Waals surface area contributed by atoms with Crippen molar-refractivity contribution < 1.29 is 0 Å². The van der Waals surface area contributed by atoms with E-state index < -0.39 is 0 Å². The van der Waals surface area contributed by atoms with Crippen molar-refractivity contribution in [2.75, 3.05) is 0 Å². The Kier molecular flexibility index (Phi) is 2.86. The fourth-order valence-electron chi connectivity index (χ4n) is 2.13. The molecule has 2 heterocycles. The summed E-state index contributed by atoms with van der Waals surface area (Å²) in [6.07, 6.45) is 4.28. The zero-order chi connectivity index (χ0) is 14.1. The van der Waals surface area contributed by atoms with Gasteiger partial charge < -0.3 is 0 Å². The van der Waals surface area contributed by atoms with Crippen LogP contribution in [0, 0.1) is 17.8 Å². The van der Waals surface area contributed by atoms with E-state index in [1.807, 2.05) is 48.7 Å². The van der Waals surface area contributed by atoms with Crippen molar-refractivity contribution >= 4 is 10.9 Å². The normalized spacial score (nSPS) is 13.7. The number of para-hydroxylation sites is 1. The van der Waals surface area contributed by atoms with Gasteiger partial charge in [-0.3, -0.25) is 0 Å². The molecule has 1 aromatic carbocycles. The fraction of sp³-hybridized carbons (Fsp3) is 0.167. The van der Waals surface area contributed by atoms with E-state index >= 15 is 0 Å². The topological polar surface area (TPSA) is 38.7 Å². The van der Waals surface area contributed by atoms with Gasteiger partial charge in [0.05, 0.1) is 5.52 Å². The van der Waals surface area contributed by atoms with E-state index in [2.05, 4.69) is 26.8 Å². The number of nitrogens with zero attached hydrogens (tertiary/aromatic N) is 3. The molecule has 0 unspecified atom stereocenters. The van der Waals surface area contributed by atoms with Crippen molar-refractivity contribution in [3.05, 3.63) is 54.4 Å². The highest BCUT2D eigenvalue weighted by molar-refractivity contribution is 5.79. The maximum Gasteiger partial charge on any atom is 0.178 e. The second kappa shape index (κ2) is 4.99. The summed E-state index contributed by atoms with van der Waals surface area (Å²) in [5, 5.41) is 1.03. The Bertz CT molecular complexity index is 870. The lowest BCUT2D eigenvalue weighted by atomic mass is 10.2. The van der Waals surface area contributed by atoms with E-state index in [-0.39, 0.29) is 0 Å². The lowest BCUT2D eigenvalue weighted by Gasteiger charge is -2.02. The van der Waals surface area contributed by atoms with Crippen LogP contribution in [0.25, 0.3) is 22.4 Å². The Hall–Kier alpha value is -2.73. The molecule has 0 N–H and O–H groups in total. The molecule has 2 aromatic heterocycles. The first-order valence-electron chi connectivity index (χ1n) is 7.09. The molecular weight excluding hydrogens is 258 g/mol. The SMILES string of the molecule is C(#CC1CC1)c1cccc(-c2ncc3ccccc3n2)n1. The molecule has 3 aromatic rings. The van der Waals surface area contributed by atoms with Crippen LogP contribution in [0.3, 0.4) is 0 Å². The van der Waals surface area contributed by atoms with Crippen LogP contribution in [0.2, 0.25) is 0 Å². The van der Waals surface area contributed by atoms with Gasteiger partial charge in [0.2, 0.25) is 0 Å². The van der Waals surface area contributed by atoms with Crippen LogP contribution in [-0.4, -0.2) is 15.0 Å². The molecule has 0 bridgehead atoms. The van der Waals surface area contributed by atoms with Crippen LogP contribution >= 0.6 is 0 Å². The van der Waals surface area contributed by atoms with E-state index in [0.29, 0.717) is 11.7 Å². The number of hydrogen-bond acceptors (Lipinski definition) is 3. The highest BCUT2D eigenvalue weighted by atomic mass is 14.9. The molecule has 1 aliphatic carbocycles. The third kappa shape index (κ3) is 2.61. The highest BCUT2D eigenvalue weighted by Crippen LogP contribution is 2.27. The minimum Gasteiger partial charge on any atom is -0.236 e. The zero-order valence-electron chi connectivity index (χ0n) is 11.5. The number of aromatic nitrogens is 3. The molecule has 0 radical (unpaired) electrons. The summed E-state index contributed by atoms with van der Waals surface area (Å²) in [7, 11) is 0. The molecule has 0 amide bonds. The summed E-state index contributed by atoms with van der Waals surface area (Å²) >= 11 is 0. The second-order valence-corrected chi connectivity index (χ2v) is 5.20. The monoisotopic (exact) mass is 271 g/mol. The van der Waals surface area contributed by atoms with Crippen molar-refractivity contribution in [1.29, 1.82) is 0 Å². The molecule has 3 nitrogen and oxygen atoms in total. The summed E-state index contributed by atoms with van der Waals surface area (Å²) in [4.78, 5) is 13.5. The minimum atomic E-state index is 0.576. The number of rotatable bonds is 1. The number of benzene rings is 1. The number of pyridine rings is 1. The molecule has 1 saturated carbocycles. The molecule has 0 saturated heterocycles. The Balaban J connectivity index is 1.74. The molecule has 21 heavy (non-hydrogen) atoms. The molecular formula is C18H13N3. The molecule has 100 valence electrons. The average molecular weight is 271 g/mol. The zero-order valence-corrected chi connectivity index (χ0v) is 11.5. The summed E-state index contributed by atoms with van der Waals surface area (Å²) in [5.41, 5.74) is 2.48. The van der Waals surface area contributed by atoms with Gasteiger partial charge in [0.25, 0.3) is 0 Å². The minimum absolute atomic E-state index is 0.576. The quantitative estimate of drug-likeness (QED) is 0.636. The smallest absolute Gasteiger partial charge is 0.178 e. The lowest BCUT2D eigenvalue weighted by molar-refractivity contribution is 1.16. The van der Waals surface area contributed by atoms with Crippen molar-refractivity contribution in [2.45, 2.75) is 12.8 Å².